The first-order valence-corrected chi connectivity index (χ1v) is 8.45. The lowest BCUT2D eigenvalue weighted by atomic mass is 10.1. The normalized spacial score (nSPS) is 15.1. The molecule has 0 aromatic heterocycles. The molecule has 0 amide bonds. The third-order valence-corrected chi connectivity index (χ3v) is 4.43. The van der Waals surface area contributed by atoms with E-state index in [0.29, 0.717) is 22.8 Å². The van der Waals surface area contributed by atoms with Crippen LogP contribution in [0.25, 0.3) is 11.8 Å². The first-order valence-electron chi connectivity index (χ1n) is 7.66. The van der Waals surface area contributed by atoms with Crippen molar-refractivity contribution in [1.29, 1.82) is 0 Å². The Labute approximate surface area is 154 Å². The van der Waals surface area contributed by atoms with E-state index in [-0.39, 0.29) is 5.97 Å². The molecular weight excluding hydrogens is 384 g/mol. The summed E-state index contributed by atoms with van der Waals surface area (Å²) in [5, 5.41) is 0. The predicted octanol–water partition coefficient (Wildman–Crippen LogP) is 4.76. The molecular formula is C20H17BrO4. The fourth-order valence-corrected chi connectivity index (χ4v) is 3.17. The molecule has 4 nitrogen and oxygen atoms in total. The zero-order valence-corrected chi connectivity index (χ0v) is 15.7. The topological polar surface area (TPSA) is 44.8 Å². The summed E-state index contributed by atoms with van der Waals surface area (Å²) in [5.41, 5.74) is 3.31. The van der Waals surface area contributed by atoms with Gasteiger partial charge in [0.1, 0.15) is 5.76 Å². The van der Waals surface area contributed by atoms with Gasteiger partial charge in [-0.05, 0) is 52.7 Å². The summed E-state index contributed by atoms with van der Waals surface area (Å²) >= 11 is 3.45. The van der Waals surface area contributed by atoms with Crippen LogP contribution in [0.4, 0.5) is 0 Å². The zero-order chi connectivity index (χ0) is 18.0. The monoisotopic (exact) mass is 400 g/mol. The third-order valence-electron chi connectivity index (χ3n) is 3.84. The fraction of sp³-hybridized carbons (Fsp3) is 0.150. The van der Waals surface area contributed by atoms with Gasteiger partial charge in [-0.1, -0.05) is 29.8 Å². The number of hydrogen-bond acceptors (Lipinski definition) is 4. The van der Waals surface area contributed by atoms with E-state index in [1.54, 1.807) is 26.4 Å². The van der Waals surface area contributed by atoms with E-state index in [2.05, 4.69) is 15.9 Å². The van der Waals surface area contributed by atoms with Gasteiger partial charge in [0.15, 0.2) is 11.5 Å². The van der Waals surface area contributed by atoms with Crippen LogP contribution >= 0.6 is 15.9 Å². The molecule has 0 N–H and O–H groups in total. The minimum absolute atomic E-state index is 0.374. The molecule has 0 saturated carbocycles. The Balaban J connectivity index is 1.97. The Morgan fingerprint density at radius 1 is 1.08 bits per heavy atom. The van der Waals surface area contributed by atoms with Crippen LogP contribution in [-0.2, 0) is 9.53 Å². The molecule has 1 heterocycles. The molecule has 1 aliphatic rings. The van der Waals surface area contributed by atoms with Gasteiger partial charge in [-0.25, -0.2) is 4.79 Å². The molecule has 3 rings (SSSR count). The van der Waals surface area contributed by atoms with Crippen molar-refractivity contribution in [2.75, 3.05) is 14.2 Å². The molecule has 0 bridgehead atoms. The second-order valence-corrected chi connectivity index (χ2v) is 6.46. The fourth-order valence-electron chi connectivity index (χ4n) is 2.55. The van der Waals surface area contributed by atoms with Crippen LogP contribution in [0.1, 0.15) is 16.7 Å². The number of carbonyl (C=O) groups is 1. The maximum absolute atomic E-state index is 12.2. The van der Waals surface area contributed by atoms with E-state index in [1.807, 2.05) is 43.3 Å². The van der Waals surface area contributed by atoms with Crippen molar-refractivity contribution < 1.29 is 19.0 Å². The van der Waals surface area contributed by atoms with Gasteiger partial charge in [-0.2, -0.15) is 0 Å². The summed E-state index contributed by atoms with van der Waals surface area (Å²) in [6, 6.07) is 11.5. The Morgan fingerprint density at radius 3 is 2.44 bits per heavy atom. The second-order valence-electron chi connectivity index (χ2n) is 5.60. The third kappa shape index (κ3) is 3.61. The van der Waals surface area contributed by atoms with E-state index in [1.165, 1.54) is 0 Å². The minimum Gasteiger partial charge on any atom is -0.493 e. The van der Waals surface area contributed by atoms with E-state index < -0.39 is 0 Å². The van der Waals surface area contributed by atoms with Gasteiger partial charge in [-0.3, -0.25) is 0 Å². The van der Waals surface area contributed by atoms with Crippen LogP contribution in [-0.4, -0.2) is 20.2 Å². The maximum atomic E-state index is 12.2. The smallest absolute Gasteiger partial charge is 0.343 e. The van der Waals surface area contributed by atoms with Crippen LogP contribution in [0.3, 0.4) is 0 Å². The number of rotatable bonds is 4. The highest BCUT2D eigenvalue weighted by Crippen LogP contribution is 2.37. The number of benzene rings is 2. The van der Waals surface area contributed by atoms with Crippen LogP contribution in [0.2, 0.25) is 0 Å². The Hall–Kier alpha value is -2.53. The van der Waals surface area contributed by atoms with Crippen LogP contribution in [0, 0.1) is 6.92 Å². The Morgan fingerprint density at radius 2 is 1.80 bits per heavy atom. The van der Waals surface area contributed by atoms with Crippen molar-refractivity contribution >= 4 is 33.7 Å². The van der Waals surface area contributed by atoms with Crippen LogP contribution in [0.15, 0.2) is 52.5 Å². The summed E-state index contributed by atoms with van der Waals surface area (Å²) in [6.07, 6.45) is 3.51. The summed E-state index contributed by atoms with van der Waals surface area (Å²) in [7, 11) is 3.14. The number of halogens is 1. The molecule has 0 atom stereocenters. The van der Waals surface area contributed by atoms with E-state index >= 15 is 0 Å². The number of methoxy groups -OCH3 is 2. The van der Waals surface area contributed by atoms with Crippen LogP contribution < -0.4 is 9.47 Å². The molecule has 0 fully saturated rings. The molecule has 0 unspecified atom stereocenters. The molecule has 0 spiro atoms. The number of aryl methyl sites for hydroxylation is 1. The van der Waals surface area contributed by atoms with Crippen molar-refractivity contribution in [3.63, 3.8) is 0 Å². The van der Waals surface area contributed by atoms with Crippen molar-refractivity contribution in [2.24, 2.45) is 0 Å². The summed E-state index contributed by atoms with van der Waals surface area (Å²) in [5.74, 6) is 1.37. The first kappa shape index (κ1) is 17.3. The number of esters is 1. The standard InChI is InChI=1S/C20H17BrO4/c1-12-4-6-14(7-5-12)17-11-15(20(22)25-17)8-13-9-16(21)19(24-3)18(10-13)23-2/h4-11H,1-3H3. The first-order chi connectivity index (χ1) is 12.0. The van der Waals surface area contributed by atoms with Crippen molar-refractivity contribution in [3.05, 3.63) is 69.2 Å². The van der Waals surface area contributed by atoms with Gasteiger partial charge in [0.05, 0.1) is 24.3 Å². The molecule has 2 aromatic carbocycles. The minimum atomic E-state index is -0.374. The number of hydrogen-bond donors (Lipinski definition) is 0. The van der Waals surface area contributed by atoms with Gasteiger partial charge in [0, 0.05) is 5.56 Å². The molecule has 5 heteroatoms. The van der Waals surface area contributed by atoms with Gasteiger partial charge in [-0.15, -0.1) is 0 Å². The highest BCUT2D eigenvalue weighted by atomic mass is 79.9. The average Bonchev–Trinajstić information content (AvgIpc) is 2.95. The van der Waals surface area contributed by atoms with Crippen LogP contribution in [0.5, 0.6) is 11.5 Å². The van der Waals surface area contributed by atoms with E-state index in [9.17, 15) is 4.79 Å². The highest BCUT2D eigenvalue weighted by molar-refractivity contribution is 9.10. The highest BCUT2D eigenvalue weighted by Gasteiger charge is 2.22. The van der Waals surface area contributed by atoms with E-state index in [4.69, 9.17) is 14.2 Å². The number of ether oxygens (including phenoxy) is 3. The molecule has 0 saturated heterocycles. The second kappa shape index (κ2) is 7.15. The summed E-state index contributed by atoms with van der Waals surface area (Å²) in [4.78, 5) is 12.2. The maximum Gasteiger partial charge on any atom is 0.343 e. The summed E-state index contributed by atoms with van der Waals surface area (Å²) in [6.45, 7) is 2.01. The lowest BCUT2D eigenvalue weighted by Gasteiger charge is -2.10. The molecule has 128 valence electrons. The number of carbonyl (C=O) groups excluding carboxylic acids is 1. The Bertz CT molecular complexity index is 879. The zero-order valence-electron chi connectivity index (χ0n) is 14.1. The van der Waals surface area contributed by atoms with Crippen molar-refractivity contribution in [3.8, 4) is 11.5 Å². The molecule has 1 aliphatic heterocycles. The van der Waals surface area contributed by atoms with Gasteiger partial charge in [0.2, 0.25) is 0 Å². The Kier molecular flexibility index (Phi) is 4.95. The quantitative estimate of drug-likeness (QED) is 0.548. The average molecular weight is 401 g/mol. The van der Waals surface area contributed by atoms with Crippen molar-refractivity contribution in [2.45, 2.75) is 6.92 Å². The van der Waals surface area contributed by atoms with Gasteiger partial charge in [0.25, 0.3) is 0 Å². The SMILES string of the molecule is COc1cc(C=C2C=C(c3ccc(C)cc3)OC2=O)cc(Br)c1OC. The predicted molar refractivity (Wildman–Crippen MR) is 100 cm³/mol. The molecule has 0 radical (unpaired) electrons. The molecule has 0 aliphatic carbocycles. The largest absolute Gasteiger partial charge is 0.493 e. The van der Waals surface area contributed by atoms with Crippen molar-refractivity contribution in [1.82, 2.24) is 0 Å². The summed E-state index contributed by atoms with van der Waals surface area (Å²) < 4.78 is 16.8. The van der Waals surface area contributed by atoms with Gasteiger partial charge < -0.3 is 14.2 Å². The van der Waals surface area contributed by atoms with Gasteiger partial charge >= 0.3 is 5.97 Å². The lowest BCUT2D eigenvalue weighted by Crippen LogP contribution is -1.97. The van der Waals surface area contributed by atoms with E-state index in [0.717, 1.165) is 21.2 Å². The number of cyclic esters (lactones) is 1. The molecule has 25 heavy (non-hydrogen) atoms. The molecule has 2 aromatic rings. The lowest BCUT2D eigenvalue weighted by molar-refractivity contribution is -0.130.